The van der Waals surface area contributed by atoms with Gasteiger partial charge >= 0.3 is 5.97 Å². The topological polar surface area (TPSA) is 59.5 Å². The Morgan fingerprint density at radius 1 is 1.17 bits per heavy atom. The fraction of sp³-hybridized carbons (Fsp3) is 0.318. The molecular weight excluding hydrogens is 404 g/mol. The normalized spacial score (nSPS) is 12.0. The molecule has 152 valence electrons. The molecule has 1 amide bonds. The summed E-state index contributed by atoms with van der Waals surface area (Å²) >= 11 is 3.39. The highest BCUT2D eigenvalue weighted by molar-refractivity contribution is 8.00. The van der Waals surface area contributed by atoms with Gasteiger partial charge in [-0.3, -0.25) is 9.59 Å². The number of rotatable bonds is 8. The Hall–Kier alpha value is -2.38. The van der Waals surface area contributed by atoms with Crippen LogP contribution in [0.5, 0.6) is 0 Å². The molecule has 1 atom stereocenters. The lowest BCUT2D eigenvalue weighted by atomic mass is 10.1. The van der Waals surface area contributed by atoms with Crippen LogP contribution in [0.15, 0.2) is 52.9 Å². The van der Waals surface area contributed by atoms with Crippen LogP contribution in [-0.2, 0) is 15.3 Å². The summed E-state index contributed by atoms with van der Waals surface area (Å²) in [7, 11) is 1.36. The van der Waals surface area contributed by atoms with Crippen molar-refractivity contribution >= 4 is 45.2 Å². The number of benzene rings is 2. The molecule has 0 radical (unpaired) electrons. The molecular formula is C22H24N2O3S2. The average molecular weight is 429 g/mol. The van der Waals surface area contributed by atoms with Crippen LogP contribution in [0.2, 0.25) is 0 Å². The first kappa shape index (κ1) is 21.3. The number of hydrogen-bond donors (Lipinski definition) is 0. The molecule has 1 aromatic heterocycles. The fourth-order valence-electron chi connectivity index (χ4n) is 2.95. The third kappa shape index (κ3) is 5.36. The fourth-order valence-corrected chi connectivity index (χ4v) is 4.97. The number of esters is 1. The molecule has 1 heterocycles. The van der Waals surface area contributed by atoms with Gasteiger partial charge in [0.25, 0.3) is 5.91 Å². The van der Waals surface area contributed by atoms with E-state index in [9.17, 15) is 9.59 Å². The number of para-hydroxylation sites is 1. The number of thioether (sulfide) groups is 1. The maximum atomic E-state index is 12.8. The predicted molar refractivity (Wildman–Crippen MR) is 118 cm³/mol. The van der Waals surface area contributed by atoms with E-state index in [4.69, 9.17) is 4.74 Å². The SMILES string of the molecule is CCN(CC(C)C(=O)OC)C(=O)c1ccc(CSc2nc3ccccc3s2)cc1. The van der Waals surface area contributed by atoms with Crippen LogP contribution in [0.4, 0.5) is 0 Å². The van der Waals surface area contributed by atoms with Gasteiger partial charge in [-0.1, -0.05) is 43.0 Å². The van der Waals surface area contributed by atoms with Gasteiger partial charge in [0.1, 0.15) is 0 Å². The van der Waals surface area contributed by atoms with Crippen molar-refractivity contribution in [1.29, 1.82) is 0 Å². The van der Waals surface area contributed by atoms with Crippen LogP contribution in [-0.4, -0.2) is 42.0 Å². The Balaban J connectivity index is 1.60. The van der Waals surface area contributed by atoms with Gasteiger partial charge in [-0.15, -0.1) is 11.3 Å². The van der Waals surface area contributed by atoms with E-state index in [1.165, 1.54) is 11.8 Å². The molecule has 0 fully saturated rings. The summed E-state index contributed by atoms with van der Waals surface area (Å²) in [6.07, 6.45) is 0. The highest BCUT2D eigenvalue weighted by Crippen LogP contribution is 2.31. The summed E-state index contributed by atoms with van der Waals surface area (Å²) in [5, 5.41) is 0. The van der Waals surface area contributed by atoms with Crippen LogP contribution < -0.4 is 0 Å². The van der Waals surface area contributed by atoms with Crippen molar-refractivity contribution in [2.75, 3.05) is 20.2 Å². The number of fused-ring (bicyclic) bond motifs is 1. The minimum atomic E-state index is -0.353. The first-order valence-electron chi connectivity index (χ1n) is 9.46. The molecule has 1 unspecified atom stereocenters. The van der Waals surface area contributed by atoms with Crippen molar-refractivity contribution < 1.29 is 14.3 Å². The summed E-state index contributed by atoms with van der Waals surface area (Å²) in [5.74, 6) is 0.0611. The standard InChI is InChI=1S/C22H24N2O3S2/c1-4-24(13-15(2)21(26)27-3)20(25)17-11-9-16(10-12-17)14-28-22-23-18-7-5-6-8-19(18)29-22/h5-12,15H,4,13-14H2,1-3H3. The number of carbonyl (C=O) groups excluding carboxylic acids is 2. The number of carbonyl (C=O) groups is 2. The number of ether oxygens (including phenoxy) is 1. The van der Waals surface area contributed by atoms with Gasteiger partial charge < -0.3 is 9.64 Å². The quantitative estimate of drug-likeness (QED) is 0.379. The zero-order chi connectivity index (χ0) is 20.8. The minimum Gasteiger partial charge on any atom is -0.469 e. The third-order valence-electron chi connectivity index (χ3n) is 4.60. The molecule has 3 aromatic rings. The lowest BCUT2D eigenvalue weighted by molar-refractivity contribution is -0.145. The second kappa shape index (κ2) is 9.89. The van der Waals surface area contributed by atoms with Crippen molar-refractivity contribution in [3.63, 3.8) is 0 Å². The molecule has 5 nitrogen and oxygen atoms in total. The van der Waals surface area contributed by atoms with E-state index in [2.05, 4.69) is 11.1 Å². The monoisotopic (exact) mass is 428 g/mol. The van der Waals surface area contributed by atoms with Gasteiger partial charge in [0.2, 0.25) is 0 Å². The molecule has 0 spiro atoms. The van der Waals surface area contributed by atoms with Gasteiger partial charge in [0.05, 0.1) is 23.2 Å². The Bertz CT molecular complexity index is 952. The molecule has 0 aliphatic heterocycles. The van der Waals surface area contributed by atoms with Crippen molar-refractivity contribution in [3.05, 3.63) is 59.7 Å². The molecule has 29 heavy (non-hydrogen) atoms. The highest BCUT2D eigenvalue weighted by atomic mass is 32.2. The number of thiazole rings is 1. The van der Waals surface area contributed by atoms with E-state index in [0.29, 0.717) is 18.7 Å². The van der Waals surface area contributed by atoms with Gasteiger partial charge in [-0.2, -0.15) is 0 Å². The van der Waals surface area contributed by atoms with Crippen molar-refractivity contribution in [2.24, 2.45) is 5.92 Å². The van der Waals surface area contributed by atoms with Crippen LogP contribution in [0.3, 0.4) is 0 Å². The number of amides is 1. The Labute approximate surface area is 179 Å². The Morgan fingerprint density at radius 2 is 1.90 bits per heavy atom. The summed E-state index contributed by atoms with van der Waals surface area (Å²) in [6.45, 7) is 4.56. The van der Waals surface area contributed by atoms with Gasteiger partial charge in [0.15, 0.2) is 4.34 Å². The summed E-state index contributed by atoms with van der Waals surface area (Å²) in [6, 6.07) is 15.8. The molecule has 0 bridgehead atoms. The number of hydrogen-bond acceptors (Lipinski definition) is 6. The van der Waals surface area contributed by atoms with E-state index in [1.54, 1.807) is 34.9 Å². The van der Waals surface area contributed by atoms with E-state index in [1.807, 2.05) is 49.4 Å². The number of aromatic nitrogens is 1. The first-order valence-corrected chi connectivity index (χ1v) is 11.3. The van der Waals surface area contributed by atoms with E-state index >= 15 is 0 Å². The highest BCUT2D eigenvalue weighted by Gasteiger charge is 2.21. The zero-order valence-corrected chi connectivity index (χ0v) is 18.4. The molecule has 0 saturated carbocycles. The summed E-state index contributed by atoms with van der Waals surface area (Å²) in [5.41, 5.74) is 2.79. The molecule has 0 aliphatic carbocycles. The largest absolute Gasteiger partial charge is 0.469 e. The van der Waals surface area contributed by atoms with E-state index < -0.39 is 0 Å². The average Bonchev–Trinajstić information content (AvgIpc) is 3.18. The lowest BCUT2D eigenvalue weighted by Crippen LogP contribution is -2.37. The molecule has 0 saturated heterocycles. The van der Waals surface area contributed by atoms with Gasteiger partial charge in [0, 0.05) is 24.4 Å². The maximum Gasteiger partial charge on any atom is 0.310 e. The van der Waals surface area contributed by atoms with Gasteiger partial charge in [-0.25, -0.2) is 4.98 Å². The van der Waals surface area contributed by atoms with Crippen LogP contribution in [0.1, 0.15) is 29.8 Å². The van der Waals surface area contributed by atoms with Crippen LogP contribution in [0.25, 0.3) is 10.2 Å². The van der Waals surface area contributed by atoms with E-state index in [-0.39, 0.29) is 17.8 Å². The number of methoxy groups -OCH3 is 1. The molecule has 7 heteroatoms. The van der Waals surface area contributed by atoms with Gasteiger partial charge in [-0.05, 0) is 36.8 Å². The smallest absolute Gasteiger partial charge is 0.310 e. The van der Waals surface area contributed by atoms with Crippen LogP contribution >= 0.6 is 23.1 Å². The minimum absolute atomic E-state index is 0.0753. The second-order valence-corrected chi connectivity index (χ2v) is 8.95. The number of nitrogens with zero attached hydrogens (tertiary/aromatic N) is 2. The third-order valence-corrected chi connectivity index (χ3v) is 6.85. The lowest BCUT2D eigenvalue weighted by Gasteiger charge is -2.23. The zero-order valence-electron chi connectivity index (χ0n) is 16.8. The van der Waals surface area contributed by atoms with E-state index in [0.717, 1.165) is 21.2 Å². The Kier molecular flexibility index (Phi) is 7.28. The predicted octanol–water partition coefficient (Wildman–Crippen LogP) is 4.86. The first-order chi connectivity index (χ1) is 14.0. The summed E-state index contributed by atoms with van der Waals surface area (Å²) < 4.78 is 6.99. The maximum absolute atomic E-state index is 12.8. The van der Waals surface area contributed by atoms with Crippen molar-refractivity contribution in [3.8, 4) is 0 Å². The van der Waals surface area contributed by atoms with Crippen LogP contribution in [0, 0.1) is 5.92 Å². The van der Waals surface area contributed by atoms with Crippen molar-refractivity contribution in [2.45, 2.75) is 23.9 Å². The Morgan fingerprint density at radius 3 is 2.55 bits per heavy atom. The molecule has 0 aliphatic rings. The second-order valence-electron chi connectivity index (χ2n) is 6.70. The van der Waals surface area contributed by atoms with Crippen molar-refractivity contribution in [1.82, 2.24) is 9.88 Å². The summed E-state index contributed by atoms with van der Waals surface area (Å²) in [4.78, 5) is 30.7. The molecule has 2 aromatic carbocycles. The molecule has 0 N–H and O–H groups in total. The molecule has 3 rings (SSSR count).